The Morgan fingerprint density at radius 1 is 1.43 bits per heavy atom. The van der Waals surface area contributed by atoms with E-state index in [4.69, 9.17) is 10.9 Å². The van der Waals surface area contributed by atoms with Crippen molar-refractivity contribution < 1.29 is 8.42 Å². The van der Waals surface area contributed by atoms with Crippen molar-refractivity contribution in [3.63, 3.8) is 0 Å². The van der Waals surface area contributed by atoms with Gasteiger partial charge in [0.1, 0.15) is 4.90 Å². The van der Waals surface area contributed by atoms with E-state index in [1.54, 1.807) is 6.07 Å². The van der Waals surface area contributed by atoms with Gasteiger partial charge in [-0.3, -0.25) is 4.57 Å². The van der Waals surface area contributed by atoms with Crippen LogP contribution in [-0.4, -0.2) is 23.2 Å². The molecule has 5 N–H and O–H groups in total. The molecule has 2 rings (SSSR count). The molecule has 0 unspecified atom stereocenters. The summed E-state index contributed by atoms with van der Waals surface area (Å²) in [5.41, 5.74) is 5.47. The minimum atomic E-state index is -3.85. The molecule has 1 aromatic carbocycles. The summed E-state index contributed by atoms with van der Waals surface area (Å²) in [6.07, 6.45) is 0.791. The van der Waals surface area contributed by atoms with Crippen LogP contribution in [0.5, 0.6) is 0 Å². The fraction of sp³-hybridized carbons (Fsp3) is 0.273. The van der Waals surface area contributed by atoms with Crippen molar-refractivity contribution in [1.82, 2.24) is 14.8 Å². The number of primary sulfonamides is 1. The Balaban J connectivity index is 2.33. The number of hydrogen-bond acceptors (Lipinski definition) is 6. The summed E-state index contributed by atoms with van der Waals surface area (Å²) in [7, 11) is -3.85. The van der Waals surface area contributed by atoms with Gasteiger partial charge in [-0.05, 0) is 36.4 Å². The van der Waals surface area contributed by atoms with Gasteiger partial charge >= 0.3 is 5.69 Å². The van der Waals surface area contributed by atoms with E-state index in [1.807, 2.05) is 6.92 Å². The average molecular weight is 329 g/mol. The van der Waals surface area contributed by atoms with Crippen molar-refractivity contribution in [3.05, 3.63) is 28.7 Å². The zero-order chi connectivity index (χ0) is 15.6. The van der Waals surface area contributed by atoms with Crippen LogP contribution in [0.25, 0.3) is 0 Å². The minimum absolute atomic E-state index is 0.0578. The highest BCUT2D eigenvalue weighted by molar-refractivity contribution is 7.99. The Kier molecular flexibility index (Phi) is 4.40. The Morgan fingerprint density at radius 2 is 2.14 bits per heavy atom. The van der Waals surface area contributed by atoms with Crippen molar-refractivity contribution >= 4 is 27.5 Å². The number of sulfonamides is 1. The summed E-state index contributed by atoms with van der Waals surface area (Å²) in [6, 6.07) is 4.39. The Hall–Kier alpha value is -1.78. The van der Waals surface area contributed by atoms with Crippen LogP contribution in [0.15, 0.2) is 37.9 Å². The van der Waals surface area contributed by atoms with Crippen LogP contribution < -0.4 is 16.6 Å². The smallest absolute Gasteiger partial charge is 0.343 e. The first-order valence-corrected chi connectivity index (χ1v) is 8.44. The van der Waals surface area contributed by atoms with Gasteiger partial charge in [0.15, 0.2) is 5.16 Å². The molecule has 0 radical (unpaired) electrons. The Morgan fingerprint density at radius 3 is 2.71 bits per heavy atom. The zero-order valence-electron chi connectivity index (χ0n) is 11.2. The molecule has 0 aliphatic heterocycles. The number of nitrogens with one attached hydrogen (secondary N) is 1. The molecule has 2 aromatic rings. The fourth-order valence-corrected chi connectivity index (χ4v) is 3.31. The quantitative estimate of drug-likeness (QED) is 0.677. The molecule has 0 spiro atoms. The zero-order valence-corrected chi connectivity index (χ0v) is 12.9. The molecule has 21 heavy (non-hydrogen) atoms. The fourth-order valence-electron chi connectivity index (χ4n) is 1.76. The molecule has 0 bridgehead atoms. The topological polar surface area (TPSA) is 137 Å². The summed E-state index contributed by atoms with van der Waals surface area (Å²) >= 11 is 1.21. The van der Waals surface area contributed by atoms with E-state index in [2.05, 4.69) is 10.2 Å². The summed E-state index contributed by atoms with van der Waals surface area (Å²) < 4.78 is 24.1. The molecular formula is C11H15N5O3S2. The van der Waals surface area contributed by atoms with E-state index in [0.717, 1.165) is 6.42 Å². The molecule has 0 aliphatic carbocycles. The number of nitrogen functional groups attached to an aromatic ring is 1. The molecule has 10 heteroatoms. The lowest BCUT2D eigenvalue weighted by Gasteiger charge is -2.07. The molecular weight excluding hydrogens is 314 g/mol. The number of aromatic amines is 1. The van der Waals surface area contributed by atoms with Crippen molar-refractivity contribution in [1.29, 1.82) is 0 Å². The monoisotopic (exact) mass is 329 g/mol. The van der Waals surface area contributed by atoms with Gasteiger partial charge in [-0.15, -0.1) is 5.10 Å². The summed E-state index contributed by atoms with van der Waals surface area (Å²) in [4.78, 5) is 12.1. The van der Waals surface area contributed by atoms with Gasteiger partial charge in [-0.25, -0.2) is 23.4 Å². The van der Waals surface area contributed by atoms with Gasteiger partial charge < -0.3 is 5.73 Å². The molecule has 114 valence electrons. The van der Waals surface area contributed by atoms with Crippen LogP contribution in [0.3, 0.4) is 0 Å². The predicted molar refractivity (Wildman–Crippen MR) is 79.5 cm³/mol. The molecule has 0 atom stereocenters. The second-order valence-electron chi connectivity index (χ2n) is 4.31. The maximum atomic E-state index is 11.6. The van der Waals surface area contributed by atoms with E-state index >= 15 is 0 Å². The Labute approximate surface area is 125 Å². The first-order valence-electron chi connectivity index (χ1n) is 6.08. The van der Waals surface area contributed by atoms with E-state index in [0.29, 0.717) is 16.6 Å². The van der Waals surface area contributed by atoms with Gasteiger partial charge in [0.05, 0.1) is 5.69 Å². The third-order valence-electron chi connectivity index (χ3n) is 2.67. The largest absolute Gasteiger partial charge is 0.398 e. The second-order valence-corrected chi connectivity index (χ2v) is 6.88. The molecule has 0 saturated carbocycles. The SMILES string of the molecule is CCCn1c(Sc2ccc(S(N)(=O)=O)c(N)c2)n[nH]c1=O. The lowest BCUT2D eigenvalue weighted by molar-refractivity contribution is 0.598. The molecule has 8 nitrogen and oxygen atoms in total. The van der Waals surface area contributed by atoms with Crippen molar-refractivity contribution in [2.24, 2.45) is 5.14 Å². The van der Waals surface area contributed by atoms with Crippen LogP contribution in [0, 0.1) is 0 Å². The molecule has 0 fully saturated rings. The summed E-state index contributed by atoms with van der Waals surface area (Å²) in [6.45, 7) is 2.50. The maximum absolute atomic E-state index is 11.6. The Bertz CT molecular complexity index is 810. The number of hydrogen-bond donors (Lipinski definition) is 3. The van der Waals surface area contributed by atoms with Crippen molar-refractivity contribution in [3.8, 4) is 0 Å². The van der Waals surface area contributed by atoms with Gasteiger partial charge in [0.2, 0.25) is 10.0 Å². The van der Waals surface area contributed by atoms with Gasteiger partial charge in [-0.1, -0.05) is 6.92 Å². The van der Waals surface area contributed by atoms with Gasteiger partial charge in [0.25, 0.3) is 0 Å². The average Bonchev–Trinajstić information content (AvgIpc) is 2.70. The van der Waals surface area contributed by atoms with Crippen molar-refractivity contribution in [2.45, 2.75) is 34.8 Å². The number of rotatable bonds is 5. The lowest BCUT2D eigenvalue weighted by atomic mass is 10.3. The van der Waals surface area contributed by atoms with Gasteiger partial charge in [0, 0.05) is 11.4 Å². The second kappa shape index (κ2) is 5.92. The highest BCUT2D eigenvalue weighted by Crippen LogP contribution is 2.29. The third-order valence-corrected chi connectivity index (χ3v) is 4.64. The summed E-state index contributed by atoms with van der Waals surface area (Å²) in [5, 5.41) is 11.9. The number of H-pyrrole nitrogens is 1. The minimum Gasteiger partial charge on any atom is -0.398 e. The molecule has 0 aliphatic rings. The highest BCUT2D eigenvalue weighted by atomic mass is 32.2. The number of anilines is 1. The highest BCUT2D eigenvalue weighted by Gasteiger charge is 2.14. The molecule has 0 saturated heterocycles. The number of nitrogens with two attached hydrogens (primary N) is 2. The van der Waals surface area contributed by atoms with Crippen LogP contribution >= 0.6 is 11.8 Å². The van der Waals surface area contributed by atoms with E-state index in [1.165, 1.54) is 28.5 Å². The maximum Gasteiger partial charge on any atom is 0.343 e. The number of benzene rings is 1. The molecule has 1 aromatic heterocycles. The van der Waals surface area contributed by atoms with Crippen LogP contribution in [0.1, 0.15) is 13.3 Å². The predicted octanol–water partition coefficient (Wildman–Crippen LogP) is 0.362. The van der Waals surface area contributed by atoms with Crippen molar-refractivity contribution in [2.75, 3.05) is 5.73 Å². The first kappa shape index (κ1) is 15.6. The molecule has 0 amide bonds. The van der Waals surface area contributed by atoms with E-state index < -0.39 is 10.0 Å². The number of aromatic nitrogens is 3. The van der Waals surface area contributed by atoms with Crippen LogP contribution in [0.2, 0.25) is 0 Å². The van der Waals surface area contributed by atoms with Crippen LogP contribution in [0.4, 0.5) is 5.69 Å². The normalized spacial score (nSPS) is 11.7. The third kappa shape index (κ3) is 3.46. The van der Waals surface area contributed by atoms with E-state index in [9.17, 15) is 13.2 Å². The first-order chi connectivity index (χ1) is 9.82. The van der Waals surface area contributed by atoms with Gasteiger partial charge in [-0.2, -0.15) is 0 Å². The molecule has 1 heterocycles. The van der Waals surface area contributed by atoms with E-state index in [-0.39, 0.29) is 16.3 Å². The lowest BCUT2D eigenvalue weighted by Crippen LogP contribution is -2.17. The standard InChI is InChI=1S/C11H15N5O3S2/c1-2-5-16-10(17)14-15-11(16)20-7-3-4-9(8(12)6-7)21(13,18)19/h3-4,6H,2,5,12H2,1H3,(H,14,17)(H2,13,18,19). The number of nitrogens with zero attached hydrogens (tertiary/aromatic N) is 2. The van der Waals surface area contributed by atoms with Crippen LogP contribution in [-0.2, 0) is 16.6 Å². The summed E-state index contributed by atoms with van der Waals surface area (Å²) in [5.74, 6) is 0.